The SMILES string of the molecule is O=C(NCc1ccccc1)Oc1ccn[nH]1. The molecule has 0 bridgehead atoms. The van der Waals surface area contributed by atoms with Gasteiger partial charge in [0.1, 0.15) is 0 Å². The van der Waals surface area contributed by atoms with Crippen molar-refractivity contribution in [2.24, 2.45) is 0 Å². The van der Waals surface area contributed by atoms with Gasteiger partial charge < -0.3 is 10.1 Å². The molecule has 0 radical (unpaired) electrons. The van der Waals surface area contributed by atoms with Gasteiger partial charge in [0.2, 0.25) is 5.88 Å². The van der Waals surface area contributed by atoms with Gasteiger partial charge in [-0.3, -0.25) is 0 Å². The van der Waals surface area contributed by atoms with E-state index in [9.17, 15) is 4.79 Å². The monoisotopic (exact) mass is 217 g/mol. The van der Waals surface area contributed by atoms with E-state index >= 15 is 0 Å². The van der Waals surface area contributed by atoms with Crippen molar-refractivity contribution in [3.05, 3.63) is 48.2 Å². The molecule has 0 aliphatic carbocycles. The van der Waals surface area contributed by atoms with E-state index in [0.717, 1.165) is 5.56 Å². The fraction of sp³-hybridized carbons (Fsp3) is 0.0909. The molecule has 1 aromatic carbocycles. The van der Waals surface area contributed by atoms with Gasteiger partial charge in [0.25, 0.3) is 0 Å². The first-order valence-electron chi connectivity index (χ1n) is 4.83. The highest BCUT2D eigenvalue weighted by molar-refractivity contribution is 5.69. The molecule has 1 aromatic heterocycles. The number of carbonyl (C=O) groups excluding carboxylic acids is 1. The molecule has 0 saturated carbocycles. The summed E-state index contributed by atoms with van der Waals surface area (Å²) in [5.74, 6) is 0.325. The summed E-state index contributed by atoms with van der Waals surface area (Å²) in [5.41, 5.74) is 1.02. The molecule has 0 fully saturated rings. The third-order valence-electron chi connectivity index (χ3n) is 1.96. The molecule has 82 valence electrons. The number of aromatic amines is 1. The minimum atomic E-state index is -0.506. The van der Waals surface area contributed by atoms with Gasteiger partial charge in [-0.05, 0) is 5.56 Å². The Morgan fingerprint density at radius 3 is 2.81 bits per heavy atom. The predicted molar refractivity (Wildman–Crippen MR) is 57.9 cm³/mol. The zero-order valence-corrected chi connectivity index (χ0v) is 8.51. The molecule has 16 heavy (non-hydrogen) atoms. The molecule has 0 saturated heterocycles. The topological polar surface area (TPSA) is 67.0 Å². The highest BCUT2D eigenvalue weighted by Crippen LogP contribution is 2.02. The van der Waals surface area contributed by atoms with Crippen LogP contribution < -0.4 is 10.1 Å². The first-order chi connectivity index (χ1) is 7.84. The van der Waals surface area contributed by atoms with Crippen LogP contribution in [0.5, 0.6) is 5.88 Å². The summed E-state index contributed by atoms with van der Waals surface area (Å²) in [7, 11) is 0. The van der Waals surface area contributed by atoms with E-state index in [1.54, 1.807) is 6.07 Å². The van der Waals surface area contributed by atoms with Gasteiger partial charge in [-0.2, -0.15) is 5.10 Å². The summed E-state index contributed by atoms with van der Waals surface area (Å²) < 4.78 is 4.91. The number of carbonyl (C=O) groups is 1. The Morgan fingerprint density at radius 2 is 2.12 bits per heavy atom. The van der Waals surface area contributed by atoms with E-state index in [-0.39, 0.29) is 0 Å². The summed E-state index contributed by atoms with van der Waals surface area (Å²) in [6, 6.07) is 11.2. The van der Waals surface area contributed by atoms with Crippen LogP contribution in [-0.4, -0.2) is 16.3 Å². The molecular weight excluding hydrogens is 206 g/mol. The van der Waals surface area contributed by atoms with Crippen LogP contribution in [0.3, 0.4) is 0 Å². The lowest BCUT2D eigenvalue weighted by molar-refractivity contribution is 0.198. The lowest BCUT2D eigenvalue weighted by Crippen LogP contribution is -2.26. The van der Waals surface area contributed by atoms with Gasteiger partial charge >= 0.3 is 6.09 Å². The number of H-pyrrole nitrogens is 1. The summed E-state index contributed by atoms with van der Waals surface area (Å²) in [6.45, 7) is 0.438. The molecule has 1 amide bonds. The van der Waals surface area contributed by atoms with Crippen molar-refractivity contribution < 1.29 is 9.53 Å². The number of hydrogen-bond donors (Lipinski definition) is 2. The lowest BCUT2D eigenvalue weighted by atomic mass is 10.2. The highest BCUT2D eigenvalue weighted by atomic mass is 16.6. The number of hydrogen-bond acceptors (Lipinski definition) is 3. The fourth-order valence-corrected chi connectivity index (χ4v) is 1.21. The van der Waals surface area contributed by atoms with Crippen LogP contribution in [-0.2, 0) is 6.54 Å². The molecule has 5 heteroatoms. The molecule has 5 nitrogen and oxygen atoms in total. The van der Waals surface area contributed by atoms with Gasteiger partial charge in [-0.25, -0.2) is 9.89 Å². The Balaban J connectivity index is 1.80. The maximum Gasteiger partial charge on any atom is 0.414 e. The number of amides is 1. The van der Waals surface area contributed by atoms with Gasteiger partial charge in [0.15, 0.2) is 0 Å². The first-order valence-corrected chi connectivity index (χ1v) is 4.83. The lowest BCUT2D eigenvalue weighted by Gasteiger charge is -2.04. The Hall–Kier alpha value is -2.30. The standard InChI is InChI=1S/C11H11N3O2/c15-11(16-10-6-7-13-14-10)12-8-9-4-2-1-3-5-9/h1-7H,8H2,(H,12,15)(H,13,14). The largest absolute Gasteiger partial charge is 0.414 e. The smallest absolute Gasteiger partial charge is 0.392 e. The van der Waals surface area contributed by atoms with Crippen molar-refractivity contribution in [3.8, 4) is 5.88 Å². The van der Waals surface area contributed by atoms with Gasteiger partial charge in [-0.1, -0.05) is 30.3 Å². The second kappa shape index (κ2) is 4.97. The minimum Gasteiger partial charge on any atom is -0.392 e. The fourth-order valence-electron chi connectivity index (χ4n) is 1.21. The maximum atomic E-state index is 11.3. The third kappa shape index (κ3) is 2.84. The average molecular weight is 217 g/mol. The molecule has 2 aromatic rings. The molecular formula is C11H11N3O2. The van der Waals surface area contributed by atoms with Crippen molar-refractivity contribution in [3.63, 3.8) is 0 Å². The zero-order chi connectivity index (χ0) is 11.2. The van der Waals surface area contributed by atoms with Crippen molar-refractivity contribution >= 4 is 6.09 Å². The Bertz CT molecular complexity index is 440. The summed E-state index contributed by atoms with van der Waals surface area (Å²) >= 11 is 0. The van der Waals surface area contributed by atoms with Gasteiger partial charge in [0, 0.05) is 12.6 Å². The minimum absolute atomic E-state index is 0.325. The molecule has 0 unspecified atom stereocenters. The molecule has 2 rings (SSSR count). The summed E-state index contributed by atoms with van der Waals surface area (Å²) in [5, 5.41) is 8.82. The number of aromatic nitrogens is 2. The van der Waals surface area contributed by atoms with E-state index in [1.807, 2.05) is 30.3 Å². The summed E-state index contributed by atoms with van der Waals surface area (Å²) in [4.78, 5) is 11.3. The Morgan fingerprint density at radius 1 is 1.31 bits per heavy atom. The second-order valence-corrected chi connectivity index (χ2v) is 3.15. The van der Waals surface area contributed by atoms with Gasteiger partial charge in [-0.15, -0.1) is 0 Å². The van der Waals surface area contributed by atoms with Crippen molar-refractivity contribution in [1.29, 1.82) is 0 Å². The van der Waals surface area contributed by atoms with Crippen LogP contribution >= 0.6 is 0 Å². The summed E-state index contributed by atoms with van der Waals surface area (Å²) in [6.07, 6.45) is 1.01. The zero-order valence-electron chi connectivity index (χ0n) is 8.51. The number of nitrogens with zero attached hydrogens (tertiary/aromatic N) is 1. The van der Waals surface area contributed by atoms with Crippen LogP contribution in [0.15, 0.2) is 42.6 Å². The van der Waals surface area contributed by atoms with Crippen LogP contribution in [0.2, 0.25) is 0 Å². The molecule has 0 spiro atoms. The molecule has 1 heterocycles. The molecule has 0 aliphatic rings. The maximum absolute atomic E-state index is 11.3. The van der Waals surface area contributed by atoms with E-state index in [2.05, 4.69) is 15.5 Å². The van der Waals surface area contributed by atoms with Crippen LogP contribution in [0, 0.1) is 0 Å². The van der Waals surface area contributed by atoms with E-state index in [1.165, 1.54) is 6.20 Å². The molecule has 0 atom stereocenters. The molecule has 2 N–H and O–H groups in total. The number of nitrogens with one attached hydrogen (secondary N) is 2. The number of rotatable bonds is 3. The van der Waals surface area contributed by atoms with E-state index in [4.69, 9.17) is 4.74 Å². The normalized spacial score (nSPS) is 9.75. The Labute approximate surface area is 92.4 Å². The highest BCUT2D eigenvalue weighted by Gasteiger charge is 2.03. The second-order valence-electron chi connectivity index (χ2n) is 3.15. The van der Waals surface area contributed by atoms with Gasteiger partial charge in [0.05, 0.1) is 6.20 Å². The van der Waals surface area contributed by atoms with Crippen molar-refractivity contribution in [2.75, 3.05) is 0 Å². The van der Waals surface area contributed by atoms with Crippen LogP contribution in [0.25, 0.3) is 0 Å². The Kier molecular flexibility index (Phi) is 3.18. The van der Waals surface area contributed by atoms with Crippen molar-refractivity contribution in [2.45, 2.75) is 6.54 Å². The van der Waals surface area contributed by atoms with E-state index < -0.39 is 6.09 Å². The van der Waals surface area contributed by atoms with Crippen LogP contribution in [0.1, 0.15) is 5.56 Å². The number of ether oxygens (including phenoxy) is 1. The quantitative estimate of drug-likeness (QED) is 0.822. The first kappa shape index (κ1) is 10.2. The third-order valence-corrected chi connectivity index (χ3v) is 1.96. The van der Waals surface area contributed by atoms with Crippen LogP contribution in [0.4, 0.5) is 4.79 Å². The molecule has 0 aliphatic heterocycles. The van der Waals surface area contributed by atoms with Crippen molar-refractivity contribution in [1.82, 2.24) is 15.5 Å². The number of benzene rings is 1. The van der Waals surface area contributed by atoms with E-state index in [0.29, 0.717) is 12.4 Å². The predicted octanol–water partition coefficient (Wildman–Crippen LogP) is 1.70. The average Bonchev–Trinajstić information content (AvgIpc) is 2.81.